The third kappa shape index (κ3) is 3.90. The van der Waals surface area contributed by atoms with Crippen LogP contribution in [0.2, 0.25) is 0 Å². The molecular weight excluding hydrogens is 318 g/mol. The topological polar surface area (TPSA) is 64.4 Å². The van der Waals surface area contributed by atoms with E-state index in [2.05, 4.69) is 5.10 Å². The summed E-state index contributed by atoms with van der Waals surface area (Å²) in [5.41, 5.74) is 2.93. The molecule has 0 bridgehead atoms. The van der Waals surface area contributed by atoms with E-state index in [0.717, 1.165) is 37.2 Å². The van der Waals surface area contributed by atoms with E-state index < -0.39 is 5.97 Å². The molecule has 0 spiro atoms. The first-order valence-corrected chi connectivity index (χ1v) is 8.59. The Bertz CT molecular complexity index is 762. The van der Waals surface area contributed by atoms with Gasteiger partial charge < -0.3 is 9.64 Å². The molecule has 0 radical (unpaired) electrons. The number of ether oxygens (including phenoxy) is 1. The number of benzene rings is 1. The van der Waals surface area contributed by atoms with Crippen LogP contribution >= 0.6 is 0 Å². The molecule has 132 valence electrons. The van der Waals surface area contributed by atoms with Crippen molar-refractivity contribution in [3.63, 3.8) is 0 Å². The quantitative estimate of drug-likeness (QED) is 0.783. The van der Waals surface area contributed by atoms with Crippen molar-refractivity contribution in [1.82, 2.24) is 14.7 Å². The minimum Gasteiger partial charge on any atom is -0.452 e. The number of likely N-dealkylation sites (tertiary alicyclic amines) is 1. The number of nitrogens with zero attached hydrogens (tertiary/aromatic N) is 3. The van der Waals surface area contributed by atoms with Crippen LogP contribution < -0.4 is 0 Å². The van der Waals surface area contributed by atoms with Crippen LogP contribution in [0, 0.1) is 13.8 Å². The molecule has 2 heterocycles. The van der Waals surface area contributed by atoms with E-state index in [1.165, 1.54) is 0 Å². The Labute approximate surface area is 147 Å². The fourth-order valence-electron chi connectivity index (χ4n) is 3.16. The number of hydrogen-bond acceptors (Lipinski definition) is 4. The van der Waals surface area contributed by atoms with E-state index in [4.69, 9.17) is 4.74 Å². The molecule has 1 fully saturated rings. The molecule has 0 unspecified atom stereocenters. The molecule has 1 saturated heterocycles. The second-order valence-electron chi connectivity index (χ2n) is 6.35. The number of aromatic nitrogens is 2. The van der Waals surface area contributed by atoms with Gasteiger partial charge in [-0.15, -0.1) is 0 Å². The van der Waals surface area contributed by atoms with Crippen LogP contribution in [-0.2, 0) is 16.1 Å². The summed E-state index contributed by atoms with van der Waals surface area (Å²) in [5, 5.41) is 4.45. The lowest BCUT2D eigenvalue weighted by Gasteiger charge is -2.15. The number of hydrogen-bond donors (Lipinski definition) is 0. The van der Waals surface area contributed by atoms with Gasteiger partial charge in [0.1, 0.15) is 5.56 Å². The molecular formula is C19H23N3O3. The van der Waals surface area contributed by atoms with Crippen molar-refractivity contribution < 1.29 is 14.3 Å². The van der Waals surface area contributed by atoms with Gasteiger partial charge in [-0.2, -0.15) is 5.10 Å². The number of carbonyl (C=O) groups excluding carboxylic acids is 2. The molecule has 2 aromatic rings. The van der Waals surface area contributed by atoms with Gasteiger partial charge >= 0.3 is 5.97 Å². The number of amides is 1. The van der Waals surface area contributed by atoms with E-state index in [9.17, 15) is 9.59 Å². The molecule has 1 aromatic heterocycles. The van der Waals surface area contributed by atoms with Gasteiger partial charge in [0.15, 0.2) is 6.61 Å². The molecule has 1 amide bonds. The lowest BCUT2D eigenvalue weighted by atomic mass is 10.2. The first-order valence-electron chi connectivity index (χ1n) is 8.59. The zero-order chi connectivity index (χ0) is 17.8. The van der Waals surface area contributed by atoms with E-state index >= 15 is 0 Å². The maximum Gasteiger partial charge on any atom is 0.342 e. The zero-order valence-electron chi connectivity index (χ0n) is 14.7. The van der Waals surface area contributed by atoms with Crippen molar-refractivity contribution in [1.29, 1.82) is 0 Å². The van der Waals surface area contributed by atoms with Crippen molar-refractivity contribution in [3.8, 4) is 0 Å². The molecule has 0 N–H and O–H groups in total. The van der Waals surface area contributed by atoms with Gasteiger partial charge in [-0.1, -0.05) is 30.3 Å². The Morgan fingerprint density at radius 1 is 1.12 bits per heavy atom. The normalized spacial score (nSPS) is 13.9. The predicted octanol–water partition coefficient (Wildman–Crippen LogP) is 2.33. The van der Waals surface area contributed by atoms with Crippen molar-refractivity contribution in [3.05, 3.63) is 52.8 Å². The van der Waals surface area contributed by atoms with E-state index in [-0.39, 0.29) is 12.5 Å². The zero-order valence-corrected chi connectivity index (χ0v) is 14.7. The molecule has 1 aromatic carbocycles. The third-order valence-corrected chi connectivity index (χ3v) is 4.55. The largest absolute Gasteiger partial charge is 0.452 e. The SMILES string of the molecule is Cc1nn(Cc2ccccc2)c(C)c1C(=O)OCC(=O)N1CCCC1. The average molecular weight is 341 g/mol. The summed E-state index contributed by atoms with van der Waals surface area (Å²) in [5.74, 6) is -0.611. The van der Waals surface area contributed by atoms with Crippen LogP contribution in [0.25, 0.3) is 0 Å². The van der Waals surface area contributed by atoms with Crippen LogP contribution in [0.3, 0.4) is 0 Å². The monoisotopic (exact) mass is 341 g/mol. The molecule has 0 aliphatic carbocycles. The molecule has 3 rings (SSSR count). The fourth-order valence-corrected chi connectivity index (χ4v) is 3.16. The van der Waals surface area contributed by atoms with Crippen molar-refractivity contribution >= 4 is 11.9 Å². The average Bonchev–Trinajstić information content (AvgIpc) is 3.23. The lowest BCUT2D eigenvalue weighted by Crippen LogP contribution is -2.32. The van der Waals surface area contributed by atoms with Crippen LogP contribution in [-0.4, -0.2) is 46.3 Å². The molecule has 1 aliphatic heterocycles. The Kier molecular flexibility index (Phi) is 5.16. The van der Waals surface area contributed by atoms with Crippen LogP contribution in [0.15, 0.2) is 30.3 Å². The fraction of sp³-hybridized carbons (Fsp3) is 0.421. The minimum absolute atomic E-state index is 0.127. The van der Waals surface area contributed by atoms with Gasteiger partial charge in [0.25, 0.3) is 5.91 Å². The number of carbonyl (C=O) groups is 2. The number of aryl methyl sites for hydroxylation is 1. The maximum atomic E-state index is 12.4. The third-order valence-electron chi connectivity index (χ3n) is 4.55. The molecule has 0 atom stereocenters. The maximum absolute atomic E-state index is 12.4. The smallest absolute Gasteiger partial charge is 0.342 e. The van der Waals surface area contributed by atoms with Gasteiger partial charge in [0, 0.05) is 13.1 Å². The van der Waals surface area contributed by atoms with Gasteiger partial charge in [0.2, 0.25) is 0 Å². The van der Waals surface area contributed by atoms with Gasteiger partial charge in [-0.05, 0) is 32.3 Å². The Hall–Kier alpha value is -2.63. The number of rotatable bonds is 5. The molecule has 25 heavy (non-hydrogen) atoms. The summed E-state index contributed by atoms with van der Waals surface area (Å²) in [6, 6.07) is 9.94. The highest BCUT2D eigenvalue weighted by Gasteiger charge is 2.23. The Morgan fingerprint density at radius 2 is 1.80 bits per heavy atom. The predicted molar refractivity (Wildman–Crippen MR) is 93.3 cm³/mol. The van der Waals surface area contributed by atoms with Crippen LogP contribution in [0.5, 0.6) is 0 Å². The van der Waals surface area contributed by atoms with E-state index in [1.807, 2.05) is 37.3 Å². The summed E-state index contributed by atoms with van der Waals surface area (Å²) in [7, 11) is 0. The summed E-state index contributed by atoms with van der Waals surface area (Å²) < 4.78 is 7.04. The highest BCUT2D eigenvalue weighted by molar-refractivity contribution is 5.93. The van der Waals surface area contributed by atoms with Crippen molar-refractivity contribution in [2.75, 3.05) is 19.7 Å². The van der Waals surface area contributed by atoms with E-state index in [1.54, 1.807) is 16.5 Å². The summed E-state index contributed by atoms with van der Waals surface area (Å²) in [6.45, 7) is 5.52. The van der Waals surface area contributed by atoms with Gasteiger partial charge in [-0.25, -0.2) is 4.79 Å². The van der Waals surface area contributed by atoms with Gasteiger partial charge in [0.05, 0.1) is 17.9 Å². The molecule has 0 saturated carbocycles. The second-order valence-corrected chi connectivity index (χ2v) is 6.35. The second kappa shape index (κ2) is 7.51. The van der Waals surface area contributed by atoms with Crippen LogP contribution in [0.4, 0.5) is 0 Å². The first kappa shape index (κ1) is 17.2. The van der Waals surface area contributed by atoms with E-state index in [0.29, 0.717) is 17.8 Å². The van der Waals surface area contributed by atoms with Gasteiger partial charge in [-0.3, -0.25) is 9.48 Å². The van der Waals surface area contributed by atoms with Crippen molar-refractivity contribution in [2.24, 2.45) is 0 Å². The Morgan fingerprint density at radius 3 is 2.48 bits per heavy atom. The first-order chi connectivity index (χ1) is 12.1. The molecule has 6 nitrogen and oxygen atoms in total. The summed E-state index contributed by atoms with van der Waals surface area (Å²) in [6.07, 6.45) is 2.04. The minimum atomic E-state index is -0.484. The van der Waals surface area contributed by atoms with Crippen molar-refractivity contribution in [2.45, 2.75) is 33.2 Å². The Balaban J connectivity index is 1.67. The van der Waals surface area contributed by atoms with Crippen LogP contribution in [0.1, 0.15) is 40.2 Å². The highest BCUT2D eigenvalue weighted by atomic mass is 16.5. The molecule has 6 heteroatoms. The highest BCUT2D eigenvalue weighted by Crippen LogP contribution is 2.16. The summed E-state index contributed by atoms with van der Waals surface area (Å²) in [4.78, 5) is 26.2. The molecule has 1 aliphatic rings. The standard InChI is InChI=1S/C19H23N3O3/c1-14-18(19(24)25-13-17(23)21-10-6-7-11-21)15(2)22(20-14)12-16-8-4-3-5-9-16/h3-5,8-9H,6-7,10-13H2,1-2H3. The lowest BCUT2D eigenvalue weighted by molar-refractivity contribution is -0.133. The number of esters is 1. The summed E-state index contributed by atoms with van der Waals surface area (Å²) >= 11 is 0.